The number of nitrogens with zero attached hydrogens (tertiary/aromatic N) is 2. The second kappa shape index (κ2) is 7.97. The Bertz CT molecular complexity index is 1070. The molecule has 0 aliphatic carbocycles. The van der Waals surface area contributed by atoms with Crippen LogP contribution in [-0.4, -0.2) is 28.5 Å². The molecule has 8 nitrogen and oxygen atoms in total. The number of Topliss-reactive ketones (excluding diaryl/α,β-unsaturated/α-hetero) is 1. The quantitative estimate of drug-likeness (QED) is 0.624. The second-order valence-corrected chi connectivity index (χ2v) is 6.42. The SMILES string of the molecule is CC(=O)c1cccc(Nc2cnc(C(=O)NCc3ccc4c(c3)OCO4)cn2)c1. The van der Waals surface area contributed by atoms with Crippen molar-refractivity contribution < 1.29 is 19.1 Å². The number of benzene rings is 2. The summed E-state index contributed by atoms with van der Waals surface area (Å²) in [5.74, 6) is 1.48. The van der Waals surface area contributed by atoms with Crippen LogP contribution in [0.5, 0.6) is 11.5 Å². The summed E-state index contributed by atoms with van der Waals surface area (Å²) in [5.41, 5.74) is 2.41. The lowest BCUT2D eigenvalue weighted by molar-refractivity contribution is 0.0944. The first-order valence-corrected chi connectivity index (χ1v) is 8.95. The van der Waals surface area contributed by atoms with E-state index in [1.807, 2.05) is 24.3 Å². The summed E-state index contributed by atoms with van der Waals surface area (Å²) in [5, 5.41) is 5.86. The highest BCUT2D eigenvalue weighted by Crippen LogP contribution is 2.32. The third-order valence-electron chi connectivity index (χ3n) is 4.32. The molecule has 0 unspecified atom stereocenters. The Balaban J connectivity index is 1.36. The first kappa shape index (κ1) is 18.4. The third-order valence-corrected chi connectivity index (χ3v) is 4.32. The molecule has 0 fully saturated rings. The van der Waals surface area contributed by atoms with E-state index in [0.717, 1.165) is 5.56 Å². The highest BCUT2D eigenvalue weighted by atomic mass is 16.7. The molecule has 0 spiro atoms. The second-order valence-electron chi connectivity index (χ2n) is 6.42. The van der Waals surface area contributed by atoms with Gasteiger partial charge in [-0.05, 0) is 36.8 Å². The molecule has 1 aliphatic rings. The van der Waals surface area contributed by atoms with Crippen molar-refractivity contribution in [1.29, 1.82) is 0 Å². The summed E-state index contributed by atoms with van der Waals surface area (Å²) in [7, 11) is 0. The molecule has 8 heteroatoms. The molecule has 146 valence electrons. The number of hydrogen-bond donors (Lipinski definition) is 2. The Morgan fingerprint density at radius 1 is 1.03 bits per heavy atom. The average Bonchev–Trinajstić information content (AvgIpc) is 3.20. The van der Waals surface area contributed by atoms with Crippen molar-refractivity contribution in [2.75, 3.05) is 12.1 Å². The molecule has 0 saturated carbocycles. The van der Waals surface area contributed by atoms with Gasteiger partial charge in [0, 0.05) is 17.8 Å². The van der Waals surface area contributed by atoms with Gasteiger partial charge < -0.3 is 20.1 Å². The molecule has 29 heavy (non-hydrogen) atoms. The summed E-state index contributed by atoms with van der Waals surface area (Å²) in [6.45, 7) is 2.05. The summed E-state index contributed by atoms with van der Waals surface area (Å²) in [6, 6.07) is 12.6. The van der Waals surface area contributed by atoms with Crippen LogP contribution < -0.4 is 20.1 Å². The summed E-state index contributed by atoms with van der Waals surface area (Å²) >= 11 is 0. The van der Waals surface area contributed by atoms with Crippen LogP contribution in [0.1, 0.15) is 33.3 Å². The number of ether oxygens (including phenoxy) is 2. The minimum absolute atomic E-state index is 0.0192. The van der Waals surface area contributed by atoms with E-state index in [1.54, 1.807) is 18.2 Å². The van der Waals surface area contributed by atoms with Gasteiger partial charge in [0.2, 0.25) is 6.79 Å². The minimum atomic E-state index is -0.333. The number of hydrogen-bond acceptors (Lipinski definition) is 7. The zero-order valence-corrected chi connectivity index (χ0v) is 15.6. The molecule has 0 radical (unpaired) electrons. The molecule has 0 saturated heterocycles. The van der Waals surface area contributed by atoms with Gasteiger partial charge in [-0.3, -0.25) is 9.59 Å². The minimum Gasteiger partial charge on any atom is -0.454 e. The maximum atomic E-state index is 12.3. The molecule has 1 amide bonds. The third kappa shape index (κ3) is 4.32. The highest BCUT2D eigenvalue weighted by molar-refractivity contribution is 5.95. The Hall–Kier alpha value is -3.94. The molecule has 2 aromatic carbocycles. The number of carbonyl (C=O) groups excluding carboxylic acids is 2. The topological polar surface area (TPSA) is 102 Å². The maximum Gasteiger partial charge on any atom is 0.271 e. The molecule has 0 bridgehead atoms. The van der Waals surface area contributed by atoms with Crippen molar-refractivity contribution in [2.24, 2.45) is 0 Å². The van der Waals surface area contributed by atoms with Crippen LogP contribution in [0, 0.1) is 0 Å². The van der Waals surface area contributed by atoms with Crippen molar-refractivity contribution in [3.8, 4) is 11.5 Å². The Morgan fingerprint density at radius 3 is 2.69 bits per heavy atom. The van der Waals surface area contributed by atoms with Crippen molar-refractivity contribution in [3.63, 3.8) is 0 Å². The molecular weight excluding hydrogens is 372 g/mol. The predicted octanol–water partition coefficient (Wildman–Crippen LogP) is 3.08. The number of rotatable bonds is 6. The summed E-state index contributed by atoms with van der Waals surface area (Å²) in [6.07, 6.45) is 2.86. The Labute approximate surface area is 166 Å². The number of aromatic nitrogens is 2. The van der Waals surface area contributed by atoms with E-state index < -0.39 is 0 Å². The molecule has 1 aliphatic heterocycles. The van der Waals surface area contributed by atoms with E-state index in [0.29, 0.717) is 35.1 Å². The van der Waals surface area contributed by atoms with E-state index in [1.165, 1.54) is 19.3 Å². The van der Waals surface area contributed by atoms with E-state index >= 15 is 0 Å². The van der Waals surface area contributed by atoms with Crippen LogP contribution in [0.2, 0.25) is 0 Å². The lowest BCUT2D eigenvalue weighted by Crippen LogP contribution is -2.24. The van der Waals surface area contributed by atoms with Crippen molar-refractivity contribution in [2.45, 2.75) is 13.5 Å². The fourth-order valence-corrected chi connectivity index (χ4v) is 2.80. The van der Waals surface area contributed by atoms with Gasteiger partial charge >= 0.3 is 0 Å². The van der Waals surface area contributed by atoms with Gasteiger partial charge in [0.05, 0.1) is 12.4 Å². The number of nitrogens with one attached hydrogen (secondary N) is 2. The van der Waals surface area contributed by atoms with Crippen molar-refractivity contribution >= 4 is 23.2 Å². The fraction of sp³-hybridized carbons (Fsp3) is 0.143. The van der Waals surface area contributed by atoms with E-state index in [-0.39, 0.29) is 24.2 Å². The normalized spacial score (nSPS) is 11.8. The molecule has 0 atom stereocenters. The number of carbonyl (C=O) groups is 2. The van der Waals surface area contributed by atoms with Crippen molar-refractivity contribution in [1.82, 2.24) is 15.3 Å². The fourth-order valence-electron chi connectivity index (χ4n) is 2.80. The van der Waals surface area contributed by atoms with E-state index in [9.17, 15) is 9.59 Å². The summed E-state index contributed by atoms with van der Waals surface area (Å²) in [4.78, 5) is 32.2. The van der Waals surface area contributed by atoms with Crippen LogP contribution in [0.3, 0.4) is 0 Å². The van der Waals surface area contributed by atoms with Gasteiger partial charge in [-0.1, -0.05) is 18.2 Å². The molecule has 1 aromatic heterocycles. The molecule has 2 N–H and O–H groups in total. The molecule has 3 aromatic rings. The maximum absolute atomic E-state index is 12.3. The van der Waals surface area contributed by atoms with Gasteiger partial charge in [0.1, 0.15) is 11.5 Å². The van der Waals surface area contributed by atoms with Crippen molar-refractivity contribution in [3.05, 3.63) is 71.7 Å². The average molecular weight is 390 g/mol. The van der Waals surface area contributed by atoms with Crippen LogP contribution >= 0.6 is 0 Å². The predicted molar refractivity (Wildman–Crippen MR) is 105 cm³/mol. The number of anilines is 2. The van der Waals surface area contributed by atoms with E-state index in [4.69, 9.17) is 9.47 Å². The van der Waals surface area contributed by atoms with E-state index in [2.05, 4.69) is 20.6 Å². The van der Waals surface area contributed by atoms with Gasteiger partial charge in [-0.15, -0.1) is 0 Å². The first-order chi connectivity index (χ1) is 14.1. The standard InChI is InChI=1S/C21H18N4O4/c1-13(26)15-3-2-4-16(8-15)25-20-11-22-17(10-23-20)21(27)24-9-14-5-6-18-19(7-14)29-12-28-18/h2-8,10-11H,9,12H2,1H3,(H,23,25)(H,24,27). The first-order valence-electron chi connectivity index (χ1n) is 8.95. The van der Waals surface area contributed by atoms with Gasteiger partial charge in [-0.2, -0.15) is 0 Å². The summed E-state index contributed by atoms with van der Waals surface area (Å²) < 4.78 is 10.6. The lowest BCUT2D eigenvalue weighted by atomic mass is 10.1. The molecule has 2 heterocycles. The highest BCUT2D eigenvalue weighted by Gasteiger charge is 2.14. The van der Waals surface area contributed by atoms with Gasteiger partial charge in [-0.25, -0.2) is 9.97 Å². The number of fused-ring (bicyclic) bond motifs is 1. The van der Waals surface area contributed by atoms with Crippen LogP contribution in [0.25, 0.3) is 0 Å². The lowest BCUT2D eigenvalue weighted by Gasteiger charge is -2.08. The van der Waals surface area contributed by atoms with Crippen LogP contribution in [0.15, 0.2) is 54.9 Å². The zero-order chi connectivity index (χ0) is 20.2. The zero-order valence-electron chi connectivity index (χ0n) is 15.6. The monoisotopic (exact) mass is 390 g/mol. The molecule has 4 rings (SSSR count). The number of ketones is 1. The Morgan fingerprint density at radius 2 is 1.90 bits per heavy atom. The largest absolute Gasteiger partial charge is 0.454 e. The molecular formula is C21H18N4O4. The van der Waals surface area contributed by atoms with Crippen LogP contribution in [-0.2, 0) is 6.54 Å². The number of amides is 1. The Kier molecular flexibility index (Phi) is 5.07. The van der Waals surface area contributed by atoms with Crippen LogP contribution in [0.4, 0.5) is 11.5 Å². The van der Waals surface area contributed by atoms with Gasteiger partial charge in [0.15, 0.2) is 17.3 Å². The smallest absolute Gasteiger partial charge is 0.271 e. The van der Waals surface area contributed by atoms with Gasteiger partial charge in [0.25, 0.3) is 5.91 Å².